The van der Waals surface area contributed by atoms with Crippen LogP contribution in [0.2, 0.25) is 0 Å². The molecule has 2 aromatic heterocycles. The monoisotopic (exact) mass is 456 g/mol. The van der Waals surface area contributed by atoms with E-state index in [4.69, 9.17) is 14.5 Å². The third-order valence-corrected chi connectivity index (χ3v) is 5.84. The van der Waals surface area contributed by atoms with E-state index >= 15 is 0 Å². The van der Waals surface area contributed by atoms with Crippen LogP contribution < -0.4 is 15.4 Å². The minimum absolute atomic E-state index is 0.201. The third-order valence-electron chi connectivity index (χ3n) is 5.84. The van der Waals surface area contributed by atoms with Crippen molar-refractivity contribution in [2.24, 2.45) is 0 Å². The van der Waals surface area contributed by atoms with Crippen molar-refractivity contribution in [1.82, 2.24) is 15.0 Å². The summed E-state index contributed by atoms with van der Waals surface area (Å²) in [5.41, 5.74) is 3.53. The van der Waals surface area contributed by atoms with E-state index in [0.29, 0.717) is 53.0 Å². The molecule has 172 valence electrons. The third kappa shape index (κ3) is 4.31. The molecule has 0 saturated carbocycles. The molecule has 34 heavy (non-hydrogen) atoms. The predicted octanol–water partition coefficient (Wildman–Crippen LogP) is 4.55. The van der Waals surface area contributed by atoms with Gasteiger partial charge in [0.2, 0.25) is 5.95 Å². The Labute approximate surface area is 196 Å². The van der Waals surface area contributed by atoms with Crippen LogP contribution >= 0.6 is 0 Å². The van der Waals surface area contributed by atoms with Crippen molar-refractivity contribution in [3.8, 4) is 28.7 Å². The summed E-state index contributed by atoms with van der Waals surface area (Å²) < 4.78 is 11.1. The zero-order chi connectivity index (χ0) is 23.5. The number of H-pyrrole nitrogens is 1. The largest absolute Gasteiger partial charge is 0.508 e. The lowest BCUT2D eigenvalue weighted by Gasteiger charge is -2.24. The zero-order valence-electron chi connectivity index (χ0n) is 18.6. The second kappa shape index (κ2) is 9.29. The number of aromatic amines is 1. The summed E-state index contributed by atoms with van der Waals surface area (Å²) >= 11 is 0. The lowest BCUT2D eigenvalue weighted by molar-refractivity contribution is 0.0904. The Morgan fingerprint density at radius 2 is 1.97 bits per heavy atom. The molecule has 0 atom stereocenters. The van der Waals surface area contributed by atoms with Gasteiger partial charge >= 0.3 is 0 Å². The Balaban J connectivity index is 1.49. The Morgan fingerprint density at radius 1 is 1.15 bits per heavy atom. The fourth-order valence-corrected chi connectivity index (χ4v) is 4.10. The van der Waals surface area contributed by atoms with Crippen molar-refractivity contribution in [1.29, 1.82) is 5.26 Å². The topological polar surface area (TPSA) is 128 Å². The van der Waals surface area contributed by atoms with Crippen LogP contribution in [-0.4, -0.2) is 46.4 Å². The quantitative estimate of drug-likeness (QED) is 0.333. The summed E-state index contributed by atoms with van der Waals surface area (Å²) in [6, 6.07) is 15.2. The molecule has 5 rings (SSSR count). The number of methoxy groups -OCH3 is 1. The van der Waals surface area contributed by atoms with Gasteiger partial charge in [-0.1, -0.05) is 18.2 Å². The number of nitriles is 1. The van der Waals surface area contributed by atoms with Crippen LogP contribution in [0, 0.1) is 11.3 Å². The molecule has 0 bridgehead atoms. The van der Waals surface area contributed by atoms with Gasteiger partial charge in [0.15, 0.2) is 0 Å². The first kappa shape index (κ1) is 21.6. The molecule has 1 aliphatic heterocycles. The molecule has 1 saturated heterocycles. The number of hydrogen-bond acceptors (Lipinski definition) is 8. The normalized spacial score (nSPS) is 14.0. The summed E-state index contributed by atoms with van der Waals surface area (Å²) in [6.07, 6.45) is 3.37. The first-order chi connectivity index (χ1) is 16.6. The van der Waals surface area contributed by atoms with Crippen LogP contribution in [0.1, 0.15) is 18.4 Å². The molecule has 2 aromatic carbocycles. The number of phenols is 1. The zero-order valence-corrected chi connectivity index (χ0v) is 18.6. The molecular weight excluding hydrogens is 432 g/mol. The fraction of sp³-hybridized carbons (Fsp3) is 0.240. The van der Waals surface area contributed by atoms with Crippen molar-refractivity contribution in [3.05, 3.63) is 54.2 Å². The van der Waals surface area contributed by atoms with Gasteiger partial charge < -0.3 is 30.2 Å². The van der Waals surface area contributed by atoms with Gasteiger partial charge in [-0.15, -0.1) is 0 Å². The Hall–Kier alpha value is -4.29. The van der Waals surface area contributed by atoms with Crippen molar-refractivity contribution in [2.45, 2.75) is 18.9 Å². The van der Waals surface area contributed by atoms with E-state index in [1.807, 2.05) is 24.3 Å². The summed E-state index contributed by atoms with van der Waals surface area (Å²) in [4.78, 5) is 12.4. The summed E-state index contributed by atoms with van der Waals surface area (Å²) in [5.74, 6) is 1.78. The lowest BCUT2D eigenvalue weighted by Crippen LogP contribution is -2.28. The van der Waals surface area contributed by atoms with Crippen LogP contribution in [0.3, 0.4) is 0 Å². The number of fused-ring (bicyclic) bond motifs is 1. The van der Waals surface area contributed by atoms with E-state index in [1.54, 1.807) is 31.5 Å². The van der Waals surface area contributed by atoms with E-state index < -0.39 is 0 Å². The highest BCUT2D eigenvalue weighted by molar-refractivity contribution is 5.94. The maximum Gasteiger partial charge on any atom is 0.231 e. The minimum Gasteiger partial charge on any atom is -0.508 e. The maximum atomic E-state index is 9.80. The number of nitrogens with zero attached hydrogens (tertiary/aromatic N) is 3. The predicted molar refractivity (Wildman–Crippen MR) is 129 cm³/mol. The van der Waals surface area contributed by atoms with Gasteiger partial charge in [-0.25, -0.2) is 0 Å². The molecule has 1 fully saturated rings. The minimum atomic E-state index is 0.201. The van der Waals surface area contributed by atoms with Crippen LogP contribution in [0.5, 0.6) is 11.5 Å². The van der Waals surface area contributed by atoms with E-state index in [2.05, 4.69) is 26.7 Å². The van der Waals surface area contributed by atoms with Crippen molar-refractivity contribution in [2.75, 3.05) is 31.0 Å². The molecule has 0 aliphatic carbocycles. The molecule has 0 amide bonds. The molecule has 4 N–H and O–H groups in total. The van der Waals surface area contributed by atoms with Gasteiger partial charge in [0.1, 0.15) is 29.0 Å². The highest BCUT2D eigenvalue weighted by Crippen LogP contribution is 2.34. The van der Waals surface area contributed by atoms with Gasteiger partial charge in [-0.2, -0.15) is 15.2 Å². The number of hydrogen-bond donors (Lipinski definition) is 4. The van der Waals surface area contributed by atoms with Gasteiger partial charge in [0.25, 0.3) is 0 Å². The molecule has 0 spiro atoms. The Morgan fingerprint density at radius 3 is 2.74 bits per heavy atom. The molecule has 3 heterocycles. The average molecular weight is 457 g/mol. The number of ether oxygens (including phenoxy) is 2. The SMILES string of the molecule is COc1cc(-c2cccc(O)c2)ccc1Nc1nc(NC2CCOCC2)c2c(C#N)c[nH]c2n1. The molecule has 4 aromatic rings. The number of benzene rings is 2. The molecule has 0 unspecified atom stereocenters. The van der Waals surface area contributed by atoms with Crippen LogP contribution in [0.15, 0.2) is 48.7 Å². The van der Waals surface area contributed by atoms with E-state index in [0.717, 1.165) is 24.0 Å². The van der Waals surface area contributed by atoms with E-state index in [1.165, 1.54) is 0 Å². The Bertz CT molecular complexity index is 1370. The average Bonchev–Trinajstić information content (AvgIpc) is 3.28. The molecule has 0 radical (unpaired) electrons. The van der Waals surface area contributed by atoms with Gasteiger partial charge in [-0.3, -0.25) is 0 Å². The van der Waals surface area contributed by atoms with Gasteiger partial charge in [0.05, 0.1) is 23.7 Å². The van der Waals surface area contributed by atoms with Crippen LogP contribution in [-0.2, 0) is 4.74 Å². The number of aromatic hydroxyl groups is 1. The number of rotatable bonds is 6. The van der Waals surface area contributed by atoms with Crippen molar-refractivity contribution in [3.63, 3.8) is 0 Å². The summed E-state index contributed by atoms with van der Waals surface area (Å²) in [6.45, 7) is 1.38. The summed E-state index contributed by atoms with van der Waals surface area (Å²) in [7, 11) is 1.60. The van der Waals surface area contributed by atoms with E-state index in [9.17, 15) is 10.4 Å². The van der Waals surface area contributed by atoms with Crippen molar-refractivity contribution >= 4 is 28.5 Å². The molecular formula is C25H24N6O3. The Kier molecular flexibility index (Phi) is 5.89. The second-order valence-corrected chi connectivity index (χ2v) is 8.05. The van der Waals surface area contributed by atoms with Crippen LogP contribution in [0.4, 0.5) is 17.5 Å². The number of nitrogens with one attached hydrogen (secondary N) is 3. The molecule has 9 nitrogen and oxygen atoms in total. The standard InChI is InChI=1S/C25H24N6O3/c1-33-21-12-16(15-3-2-4-19(32)11-15)5-6-20(21)29-25-30-23-22(17(13-26)14-27-23)24(31-25)28-18-7-9-34-10-8-18/h2-6,11-12,14,18,32H,7-10H2,1H3,(H3,27,28,29,30,31). The van der Waals surface area contributed by atoms with Crippen molar-refractivity contribution < 1.29 is 14.6 Å². The first-order valence-electron chi connectivity index (χ1n) is 11.0. The highest BCUT2D eigenvalue weighted by atomic mass is 16.5. The highest BCUT2D eigenvalue weighted by Gasteiger charge is 2.20. The van der Waals surface area contributed by atoms with E-state index in [-0.39, 0.29) is 11.8 Å². The van der Waals surface area contributed by atoms with Gasteiger partial charge in [0, 0.05) is 25.5 Å². The van der Waals surface area contributed by atoms with Gasteiger partial charge in [-0.05, 0) is 48.2 Å². The summed E-state index contributed by atoms with van der Waals surface area (Å²) in [5, 5.41) is 26.7. The van der Waals surface area contributed by atoms with Crippen LogP contribution in [0.25, 0.3) is 22.2 Å². The lowest BCUT2D eigenvalue weighted by atomic mass is 10.0. The fourth-order valence-electron chi connectivity index (χ4n) is 4.10. The number of aromatic nitrogens is 3. The maximum absolute atomic E-state index is 9.80. The molecule has 1 aliphatic rings. The second-order valence-electron chi connectivity index (χ2n) is 8.05. The smallest absolute Gasteiger partial charge is 0.231 e. The first-order valence-corrected chi connectivity index (χ1v) is 11.0. The molecule has 9 heteroatoms. The number of anilines is 3. The number of phenolic OH excluding ortho intramolecular Hbond substituents is 1.